The molecule has 1 aliphatic heterocycles. The zero-order valence-electron chi connectivity index (χ0n) is 12.3. The zero-order valence-corrected chi connectivity index (χ0v) is 13.9. The molecule has 23 heavy (non-hydrogen) atoms. The van der Waals surface area contributed by atoms with Crippen LogP contribution in [0.15, 0.2) is 59.1 Å². The summed E-state index contributed by atoms with van der Waals surface area (Å²) in [6.07, 6.45) is 0.306. The van der Waals surface area contributed by atoms with E-state index in [0.29, 0.717) is 18.7 Å². The first-order valence-corrected chi connectivity index (χ1v) is 8.09. The van der Waals surface area contributed by atoms with Gasteiger partial charge in [0, 0.05) is 28.8 Å². The number of anilines is 2. The molecule has 2 aromatic rings. The molecule has 118 valence electrons. The van der Waals surface area contributed by atoms with Crippen LogP contribution in [0.2, 0.25) is 0 Å². The van der Waals surface area contributed by atoms with Crippen molar-refractivity contribution in [2.45, 2.75) is 12.5 Å². The molecule has 0 aromatic heterocycles. The second kappa shape index (κ2) is 6.83. The third-order valence-electron chi connectivity index (χ3n) is 3.61. The predicted molar refractivity (Wildman–Crippen MR) is 93.5 cm³/mol. The maximum absolute atomic E-state index is 12.1. The summed E-state index contributed by atoms with van der Waals surface area (Å²) in [5.41, 5.74) is 1.55. The number of carbonyl (C=O) groups is 2. The van der Waals surface area contributed by atoms with E-state index < -0.39 is 0 Å². The maximum Gasteiger partial charge on any atom is 0.319 e. The molecule has 0 aliphatic carbocycles. The van der Waals surface area contributed by atoms with Crippen LogP contribution in [0, 0.1) is 0 Å². The molecule has 3 rings (SSSR count). The smallest absolute Gasteiger partial charge is 0.319 e. The second-order valence-corrected chi connectivity index (χ2v) is 6.27. The number of para-hydroxylation sites is 1. The largest absolute Gasteiger partial charge is 0.333 e. The molecular formula is C17H16BrN3O2. The van der Waals surface area contributed by atoms with Gasteiger partial charge < -0.3 is 15.5 Å². The molecule has 0 radical (unpaired) electrons. The monoisotopic (exact) mass is 373 g/mol. The fraction of sp³-hybridized carbons (Fsp3) is 0.176. The Kier molecular flexibility index (Phi) is 4.62. The van der Waals surface area contributed by atoms with Crippen molar-refractivity contribution in [3.05, 3.63) is 59.1 Å². The van der Waals surface area contributed by atoms with Crippen molar-refractivity contribution in [1.29, 1.82) is 0 Å². The van der Waals surface area contributed by atoms with Gasteiger partial charge in [-0.25, -0.2) is 4.79 Å². The standard InChI is InChI=1S/C17H16BrN3O2/c18-12-5-4-6-13(9-12)19-17(23)20-14-10-16(22)21(11-14)15-7-2-1-3-8-15/h1-9,14H,10-11H2,(H2,19,20,23)/t14-/m0/s1. The summed E-state index contributed by atoms with van der Waals surface area (Å²) in [5, 5.41) is 5.62. The Labute approximate surface area is 142 Å². The summed E-state index contributed by atoms with van der Waals surface area (Å²) in [6.45, 7) is 0.481. The van der Waals surface area contributed by atoms with Crippen LogP contribution in [-0.2, 0) is 4.79 Å². The van der Waals surface area contributed by atoms with E-state index in [9.17, 15) is 9.59 Å². The van der Waals surface area contributed by atoms with Gasteiger partial charge in [-0.3, -0.25) is 4.79 Å². The minimum atomic E-state index is -0.309. The summed E-state index contributed by atoms with van der Waals surface area (Å²) in [4.78, 5) is 25.9. The van der Waals surface area contributed by atoms with Crippen molar-refractivity contribution in [3.8, 4) is 0 Å². The molecule has 1 atom stereocenters. The molecular weight excluding hydrogens is 358 g/mol. The van der Waals surface area contributed by atoms with Crippen LogP contribution in [0.3, 0.4) is 0 Å². The van der Waals surface area contributed by atoms with E-state index in [1.54, 1.807) is 11.0 Å². The van der Waals surface area contributed by atoms with Gasteiger partial charge in [-0.1, -0.05) is 40.2 Å². The minimum Gasteiger partial charge on any atom is -0.333 e. The molecule has 0 saturated carbocycles. The van der Waals surface area contributed by atoms with E-state index in [0.717, 1.165) is 10.2 Å². The number of hydrogen-bond donors (Lipinski definition) is 2. The van der Waals surface area contributed by atoms with Gasteiger partial charge in [-0.15, -0.1) is 0 Å². The van der Waals surface area contributed by atoms with Crippen molar-refractivity contribution in [2.75, 3.05) is 16.8 Å². The third-order valence-corrected chi connectivity index (χ3v) is 4.10. The van der Waals surface area contributed by atoms with E-state index in [1.165, 1.54) is 0 Å². The molecule has 0 bridgehead atoms. The lowest BCUT2D eigenvalue weighted by Gasteiger charge is -2.17. The topological polar surface area (TPSA) is 61.4 Å². The molecule has 6 heteroatoms. The van der Waals surface area contributed by atoms with E-state index >= 15 is 0 Å². The Hall–Kier alpha value is -2.34. The van der Waals surface area contributed by atoms with Crippen molar-refractivity contribution < 1.29 is 9.59 Å². The van der Waals surface area contributed by atoms with Gasteiger partial charge in [0.15, 0.2) is 0 Å². The average Bonchev–Trinajstić information content (AvgIpc) is 2.88. The number of halogens is 1. The molecule has 2 N–H and O–H groups in total. The Balaban J connectivity index is 1.59. The lowest BCUT2D eigenvalue weighted by Crippen LogP contribution is -2.39. The first kappa shape index (κ1) is 15.6. The van der Waals surface area contributed by atoms with E-state index in [2.05, 4.69) is 26.6 Å². The first-order valence-electron chi connectivity index (χ1n) is 7.30. The van der Waals surface area contributed by atoms with Gasteiger partial charge in [0.05, 0.1) is 6.04 Å². The normalized spacial score (nSPS) is 17.2. The van der Waals surface area contributed by atoms with E-state index in [1.807, 2.05) is 48.5 Å². The van der Waals surface area contributed by atoms with E-state index in [4.69, 9.17) is 0 Å². The highest BCUT2D eigenvalue weighted by molar-refractivity contribution is 9.10. The van der Waals surface area contributed by atoms with Crippen molar-refractivity contribution >= 4 is 39.2 Å². The van der Waals surface area contributed by atoms with Crippen LogP contribution >= 0.6 is 15.9 Å². The quantitative estimate of drug-likeness (QED) is 0.866. The summed E-state index contributed by atoms with van der Waals surface area (Å²) in [5.74, 6) is 0.0176. The number of urea groups is 1. The Morgan fingerprint density at radius 3 is 2.65 bits per heavy atom. The summed E-state index contributed by atoms with van der Waals surface area (Å²) >= 11 is 3.36. The van der Waals surface area contributed by atoms with Crippen LogP contribution in [0.4, 0.5) is 16.2 Å². The van der Waals surface area contributed by atoms with Crippen molar-refractivity contribution in [1.82, 2.24) is 5.32 Å². The van der Waals surface area contributed by atoms with Crippen molar-refractivity contribution in [3.63, 3.8) is 0 Å². The SMILES string of the molecule is O=C(Nc1cccc(Br)c1)N[C@H]1CC(=O)N(c2ccccc2)C1. The van der Waals surface area contributed by atoms with Crippen LogP contribution in [0.25, 0.3) is 0 Å². The Bertz CT molecular complexity index is 721. The van der Waals surface area contributed by atoms with Crippen LogP contribution in [-0.4, -0.2) is 24.5 Å². The molecule has 1 heterocycles. The predicted octanol–water partition coefficient (Wildman–Crippen LogP) is 3.38. The molecule has 0 spiro atoms. The number of nitrogens with zero attached hydrogens (tertiary/aromatic N) is 1. The molecule has 3 amide bonds. The third kappa shape index (κ3) is 3.90. The number of nitrogens with one attached hydrogen (secondary N) is 2. The molecule has 0 unspecified atom stereocenters. The highest BCUT2D eigenvalue weighted by Gasteiger charge is 2.31. The summed E-state index contributed by atoms with van der Waals surface area (Å²) in [7, 11) is 0. The minimum absolute atomic E-state index is 0.0176. The molecule has 1 fully saturated rings. The average molecular weight is 374 g/mol. The van der Waals surface area contributed by atoms with Crippen LogP contribution in [0.5, 0.6) is 0 Å². The number of amides is 3. The Morgan fingerprint density at radius 1 is 1.13 bits per heavy atom. The number of benzene rings is 2. The van der Waals surface area contributed by atoms with Crippen molar-refractivity contribution in [2.24, 2.45) is 0 Å². The molecule has 2 aromatic carbocycles. The van der Waals surface area contributed by atoms with Gasteiger partial charge in [-0.2, -0.15) is 0 Å². The highest BCUT2D eigenvalue weighted by Crippen LogP contribution is 2.21. The number of carbonyl (C=O) groups excluding carboxylic acids is 2. The summed E-state index contributed by atoms with van der Waals surface area (Å²) in [6, 6.07) is 16.3. The number of hydrogen-bond acceptors (Lipinski definition) is 2. The first-order chi connectivity index (χ1) is 11.1. The maximum atomic E-state index is 12.1. The zero-order chi connectivity index (χ0) is 16.2. The lowest BCUT2D eigenvalue weighted by atomic mass is 10.2. The van der Waals surface area contributed by atoms with Crippen LogP contribution < -0.4 is 15.5 Å². The van der Waals surface area contributed by atoms with Gasteiger partial charge in [-0.05, 0) is 30.3 Å². The fourth-order valence-corrected chi connectivity index (χ4v) is 2.98. The molecule has 5 nitrogen and oxygen atoms in total. The molecule has 1 aliphatic rings. The van der Waals surface area contributed by atoms with Gasteiger partial charge >= 0.3 is 6.03 Å². The van der Waals surface area contributed by atoms with Gasteiger partial charge in [0.1, 0.15) is 0 Å². The lowest BCUT2D eigenvalue weighted by molar-refractivity contribution is -0.117. The van der Waals surface area contributed by atoms with Gasteiger partial charge in [0.2, 0.25) is 5.91 Å². The van der Waals surface area contributed by atoms with Gasteiger partial charge in [0.25, 0.3) is 0 Å². The van der Waals surface area contributed by atoms with Crippen LogP contribution in [0.1, 0.15) is 6.42 Å². The van der Waals surface area contributed by atoms with E-state index in [-0.39, 0.29) is 18.0 Å². The summed E-state index contributed by atoms with van der Waals surface area (Å²) < 4.78 is 0.890. The Morgan fingerprint density at radius 2 is 1.91 bits per heavy atom. The molecule has 1 saturated heterocycles. The fourth-order valence-electron chi connectivity index (χ4n) is 2.58. The number of rotatable bonds is 3. The second-order valence-electron chi connectivity index (χ2n) is 5.35. The highest BCUT2D eigenvalue weighted by atomic mass is 79.9.